The molecule has 31 heavy (non-hydrogen) atoms. The van der Waals surface area contributed by atoms with Crippen molar-refractivity contribution in [3.05, 3.63) is 12.4 Å². The topological polar surface area (TPSA) is 106 Å². The fourth-order valence-corrected chi connectivity index (χ4v) is 4.05. The van der Waals surface area contributed by atoms with Crippen LogP contribution >= 0.6 is 23.5 Å². The molecule has 10 nitrogen and oxygen atoms in total. The molecule has 0 aliphatic rings. The van der Waals surface area contributed by atoms with Crippen LogP contribution in [0, 0.1) is 0 Å². The van der Waals surface area contributed by atoms with E-state index in [4.69, 9.17) is 9.47 Å². The van der Waals surface area contributed by atoms with Gasteiger partial charge in [0.1, 0.15) is 10.8 Å². The van der Waals surface area contributed by atoms with E-state index in [1.54, 1.807) is 26.6 Å². The number of hydrogen-bond donors (Lipinski definition) is 0. The minimum Gasteiger partial charge on any atom is -0.480 e. The van der Waals surface area contributed by atoms with Gasteiger partial charge in [0, 0.05) is 13.1 Å². The zero-order valence-corrected chi connectivity index (χ0v) is 19.5. The third-order valence-electron chi connectivity index (χ3n) is 4.87. The maximum atomic E-state index is 5.39. The molecule has 0 fully saturated rings. The van der Waals surface area contributed by atoms with Crippen molar-refractivity contribution in [2.24, 2.45) is 0 Å². The monoisotopic (exact) mass is 460 g/mol. The summed E-state index contributed by atoms with van der Waals surface area (Å²) in [6.07, 6.45) is 10.4. The van der Waals surface area contributed by atoms with E-state index < -0.39 is 0 Å². The van der Waals surface area contributed by atoms with Crippen LogP contribution in [-0.2, 0) is 13.1 Å². The van der Waals surface area contributed by atoms with Gasteiger partial charge in [0.25, 0.3) is 0 Å². The number of methoxy groups -OCH3 is 2. The Labute approximate surface area is 188 Å². The molecule has 4 aromatic heterocycles. The van der Waals surface area contributed by atoms with E-state index in [1.165, 1.54) is 23.5 Å². The zero-order chi connectivity index (χ0) is 21.8. The van der Waals surface area contributed by atoms with Crippen molar-refractivity contribution in [1.29, 1.82) is 0 Å². The molecular formula is C19H24N8O2S2. The minimum absolute atomic E-state index is 0.563. The van der Waals surface area contributed by atoms with Gasteiger partial charge in [0.15, 0.2) is 21.6 Å². The largest absolute Gasteiger partial charge is 0.480 e. The number of rotatable bonds is 10. The minimum atomic E-state index is 0.563. The molecule has 0 radical (unpaired) electrons. The molecule has 0 aromatic carbocycles. The fourth-order valence-electron chi connectivity index (χ4n) is 3.34. The molecule has 0 spiro atoms. The van der Waals surface area contributed by atoms with E-state index in [-0.39, 0.29) is 0 Å². The second-order valence-electron chi connectivity index (χ2n) is 6.71. The van der Waals surface area contributed by atoms with Crippen molar-refractivity contribution in [3.63, 3.8) is 0 Å². The Morgan fingerprint density at radius 3 is 1.55 bits per heavy atom. The Bertz CT molecular complexity index is 1100. The quantitative estimate of drug-likeness (QED) is 0.199. The van der Waals surface area contributed by atoms with E-state index in [1.807, 2.05) is 21.9 Å². The van der Waals surface area contributed by atoms with Crippen LogP contribution in [0.3, 0.4) is 0 Å². The van der Waals surface area contributed by atoms with Gasteiger partial charge in [-0.05, 0) is 31.8 Å². The van der Waals surface area contributed by atoms with Crippen molar-refractivity contribution < 1.29 is 9.47 Å². The number of ether oxygens (including phenoxy) is 2. The summed E-state index contributed by atoms with van der Waals surface area (Å²) in [6, 6.07) is 0. The fraction of sp³-hybridized carbons (Fsp3) is 0.474. The van der Waals surface area contributed by atoms with Gasteiger partial charge in [-0.15, -0.1) is 0 Å². The van der Waals surface area contributed by atoms with Crippen LogP contribution in [0.15, 0.2) is 22.7 Å². The van der Waals surface area contributed by atoms with Gasteiger partial charge in [-0.25, -0.2) is 19.3 Å². The van der Waals surface area contributed by atoms with Gasteiger partial charge in [0.05, 0.1) is 26.6 Å². The number of aromatic nitrogens is 8. The summed E-state index contributed by atoms with van der Waals surface area (Å²) in [6.45, 7) is 1.56. The van der Waals surface area contributed by atoms with Gasteiger partial charge in [-0.1, -0.05) is 23.5 Å². The van der Waals surface area contributed by atoms with Crippen LogP contribution < -0.4 is 9.47 Å². The van der Waals surface area contributed by atoms with E-state index in [0.717, 1.165) is 54.4 Å². The van der Waals surface area contributed by atoms with Gasteiger partial charge in [0.2, 0.25) is 11.8 Å². The summed E-state index contributed by atoms with van der Waals surface area (Å²) in [4.78, 5) is 18.0. The van der Waals surface area contributed by atoms with Crippen LogP contribution in [0.2, 0.25) is 0 Å². The highest BCUT2D eigenvalue weighted by molar-refractivity contribution is 7.98. The predicted molar refractivity (Wildman–Crippen MR) is 121 cm³/mol. The van der Waals surface area contributed by atoms with Gasteiger partial charge >= 0.3 is 0 Å². The molecule has 0 bridgehead atoms. The number of unbranched alkanes of at least 4 members (excludes halogenated alkanes) is 2. The highest BCUT2D eigenvalue weighted by Crippen LogP contribution is 2.26. The second-order valence-corrected chi connectivity index (χ2v) is 8.26. The molecule has 4 rings (SSSR count). The number of thioether (sulfide) groups is 2. The summed E-state index contributed by atoms with van der Waals surface area (Å²) < 4.78 is 14.6. The van der Waals surface area contributed by atoms with Gasteiger partial charge in [-0.2, -0.15) is 20.2 Å². The lowest BCUT2D eigenvalue weighted by atomic mass is 10.2. The molecule has 0 aliphatic heterocycles. The average molecular weight is 461 g/mol. The third kappa shape index (κ3) is 4.40. The van der Waals surface area contributed by atoms with E-state index in [0.29, 0.717) is 22.1 Å². The highest BCUT2D eigenvalue weighted by atomic mass is 32.2. The Morgan fingerprint density at radius 2 is 1.16 bits per heavy atom. The smallest absolute Gasteiger partial charge is 0.228 e. The molecule has 0 aliphatic carbocycles. The van der Waals surface area contributed by atoms with E-state index in [2.05, 4.69) is 30.1 Å². The molecule has 0 atom stereocenters. The van der Waals surface area contributed by atoms with Crippen molar-refractivity contribution >= 4 is 45.6 Å². The Kier molecular flexibility index (Phi) is 6.76. The number of hydrogen-bond acceptors (Lipinski definition) is 10. The molecular weight excluding hydrogens is 436 g/mol. The lowest BCUT2D eigenvalue weighted by Gasteiger charge is -2.07. The lowest BCUT2D eigenvalue weighted by molar-refractivity contribution is 0.398. The standard InChI is InChI=1S/C19H24N8O2S2/c1-28-16-12-10-20-26(14(12)22-18(24-16)30-3)8-6-5-7-9-27-15-13(11-21-27)17(29-2)25-19(23-15)31-4/h10-11H,5-9H2,1-4H3. The van der Waals surface area contributed by atoms with Crippen molar-refractivity contribution in [2.45, 2.75) is 42.7 Å². The van der Waals surface area contributed by atoms with Gasteiger partial charge < -0.3 is 9.47 Å². The summed E-state index contributed by atoms with van der Waals surface area (Å²) >= 11 is 2.98. The number of nitrogens with zero attached hydrogens (tertiary/aromatic N) is 8. The van der Waals surface area contributed by atoms with Crippen molar-refractivity contribution in [3.8, 4) is 11.8 Å². The maximum Gasteiger partial charge on any atom is 0.228 e. The predicted octanol–water partition coefficient (Wildman–Crippen LogP) is 3.30. The summed E-state index contributed by atoms with van der Waals surface area (Å²) in [5.74, 6) is 1.13. The maximum absolute atomic E-state index is 5.39. The van der Waals surface area contributed by atoms with Crippen molar-refractivity contribution in [2.75, 3.05) is 26.7 Å². The normalized spacial score (nSPS) is 11.5. The van der Waals surface area contributed by atoms with E-state index >= 15 is 0 Å². The lowest BCUT2D eigenvalue weighted by Crippen LogP contribution is -2.05. The number of fused-ring (bicyclic) bond motifs is 2. The zero-order valence-electron chi connectivity index (χ0n) is 17.9. The van der Waals surface area contributed by atoms with E-state index in [9.17, 15) is 0 Å². The van der Waals surface area contributed by atoms with Crippen LogP contribution in [0.5, 0.6) is 11.8 Å². The van der Waals surface area contributed by atoms with Gasteiger partial charge in [-0.3, -0.25) is 0 Å². The SMILES string of the molecule is COc1nc(SC)nc2c1cnn2CCCCCn1ncc2c(OC)nc(SC)nc21. The van der Waals surface area contributed by atoms with Crippen LogP contribution in [0.25, 0.3) is 22.1 Å². The third-order valence-corrected chi connectivity index (χ3v) is 5.97. The highest BCUT2D eigenvalue weighted by Gasteiger charge is 2.14. The van der Waals surface area contributed by atoms with Crippen LogP contribution in [0.4, 0.5) is 0 Å². The summed E-state index contributed by atoms with van der Waals surface area (Å²) in [5, 5.41) is 12.0. The van der Waals surface area contributed by atoms with Crippen LogP contribution in [0.1, 0.15) is 19.3 Å². The average Bonchev–Trinajstić information content (AvgIpc) is 3.41. The molecule has 0 N–H and O–H groups in total. The molecule has 0 saturated heterocycles. The molecule has 164 valence electrons. The summed E-state index contributed by atoms with van der Waals surface area (Å²) in [5.41, 5.74) is 1.62. The first-order chi connectivity index (χ1) is 15.2. The first-order valence-corrected chi connectivity index (χ1v) is 12.3. The first-order valence-electron chi connectivity index (χ1n) is 9.81. The molecule has 0 unspecified atom stereocenters. The molecule has 4 aromatic rings. The molecule has 0 saturated carbocycles. The first kappa shape index (κ1) is 21.6. The molecule has 0 amide bonds. The Hall–Kier alpha value is -2.60. The van der Waals surface area contributed by atoms with Crippen molar-refractivity contribution in [1.82, 2.24) is 39.5 Å². The second kappa shape index (κ2) is 9.69. The van der Waals surface area contributed by atoms with Crippen LogP contribution in [-0.4, -0.2) is 66.2 Å². The molecule has 12 heteroatoms. The molecule has 4 heterocycles. The Balaban J connectivity index is 1.39. The Morgan fingerprint density at radius 1 is 0.710 bits per heavy atom. The summed E-state index contributed by atoms with van der Waals surface area (Å²) in [7, 11) is 3.23. The number of aryl methyl sites for hydroxylation is 2.